The van der Waals surface area contributed by atoms with Gasteiger partial charge in [0.15, 0.2) is 15.0 Å². The van der Waals surface area contributed by atoms with Gasteiger partial charge in [-0.25, -0.2) is 13.4 Å². The molecule has 2 aromatic rings. The lowest BCUT2D eigenvalue weighted by atomic mass is 10.2. The van der Waals surface area contributed by atoms with Gasteiger partial charge >= 0.3 is 0 Å². The Morgan fingerprint density at radius 3 is 2.72 bits per heavy atom. The van der Waals surface area contributed by atoms with Crippen LogP contribution in [0.4, 0.5) is 5.13 Å². The van der Waals surface area contributed by atoms with Crippen LogP contribution in [-0.2, 0) is 14.6 Å². The van der Waals surface area contributed by atoms with Gasteiger partial charge in [-0.3, -0.25) is 4.79 Å². The molecule has 0 radical (unpaired) electrons. The number of carbonyl (C=O) groups excluding carboxylic acids is 1. The first kappa shape index (κ1) is 20.2. The van der Waals surface area contributed by atoms with E-state index in [1.807, 2.05) is 6.92 Å². The molecule has 2 rings (SSSR count). The minimum atomic E-state index is -3.40. The molecule has 0 aliphatic heterocycles. The van der Waals surface area contributed by atoms with E-state index in [4.69, 9.17) is 23.2 Å². The molecular formula is C16H18Cl2N2O3S2. The monoisotopic (exact) mass is 420 g/mol. The van der Waals surface area contributed by atoms with Crippen LogP contribution in [0.2, 0.25) is 10.0 Å². The van der Waals surface area contributed by atoms with Gasteiger partial charge in [-0.05, 0) is 24.6 Å². The van der Waals surface area contributed by atoms with Crippen LogP contribution in [0.15, 0.2) is 23.6 Å². The normalized spacial score (nSPS) is 11.5. The number of hydrogen-bond donors (Lipinski definition) is 1. The maximum absolute atomic E-state index is 12.0. The molecule has 1 N–H and O–H groups in total. The molecule has 25 heavy (non-hydrogen) atoms. The predicted octanol–water partition coefficient (Wildman–Crippen LogP) is 4.66. The highest BCUT2D eigenvalue weighted by atomic mass is 35.5. The van der Waals surface area contributed by atoms with Crippen LogP contribution in [0.3, 0.4) is 0 Å². The van der Waals surface area contributed by atoms with Crippen LogP contribution >= 0.6 is 34.5 Å². The standard InChI is InChI=1S/C16H18Cl2N2O3S2/c1-2-3-4-7-25(22,23)10-15(21)20-16-19-14(9-24-16)12-6-5-11(17)8-13(12)18/h5-6,8-9H,2-4,7,10H2,1H3,(H,19,20,21). The van der Waals surface area contributed by atoms with Crippen LogP contribution in [0.5, 0.6) is 0 Å². The molecule has 136 valence electrons. The van der Waals surface area contributed by atoms with Crippen LogP contribution in [0.1, 0.15) is 26.2 Å². The molecule has 1 aromatic carbocycles. The maximum Gasteiger partial charge on any atom is 0.241 e. The van der Waals surface area contributed by atoms with Gasteiger partial charge in [0.1, 0.15) is 5.75 Å². The summed E-state index contributed by atoms with van der Waals surface area (Å²) in [6, 6.07) is 5.05. The zero-order chi connectivity index (χ0) is 18.4. The third-order valence-corrected chi connectivity index (χ3v) is 6.29. The Hall–Kier alpha value is -1.15. The van der Waals surface area contributed by atoms with Crippen LogP contribution in [-0.4, -0.2) is 30.8 Å². The number of halogens is 2. The summed E-state index contributed by atoms with van der Waals surface area (Å²) in [5.41, 5.74) is 1.28. The van der Waals surface area contributed by atoms with Gasteiger partial charge < -0.3 is 5.32 Å². The lowest BCUT2D eigenvalue weighted by Gasteiger charge is -2.04. The summed E-state index contributed by atoms with van der Waals surface area (Å²) < 4.78 is 23.8. The zero-order valence-corrected chi connectivity index (χ0v) is 16.7. The van der Waals surface area contributed by atoms with Gasteiger partial charge in [-0.15, -0.1) is 11.3 Å². The average molecular weight is 421 g/mol. The number of hydrogen-bond acceptors (Lipinski definition) is 5. The lowest BCUT2D eigenvalue weighted by Crippen LogP contribution is -2.24. The van der Waals surface area contributed by atoms with E-state index in [0.717, 1.165) is 12.8 Å². The molecule has 0 aliphatic rings. The smallest absolute Gasteiger partial charge is 0.241 e. The number of unbranched alkanes of at least 4 members (excludes halogenated alkanes) is 2. The quantitative estimate of drug-likeness (QED) is 0.629. The van der Waals surface area contributed by atoms with Crippen LogP contribution < -0.4 is 5.32 Å². The summed E-state index contributed by atoms with van der Waals surface area (Å²) in [6.45, 7) is 1.99. The first-order valence-electron chi connectivity index (χ1n) is 7.72. The lowest BCUT2D eigenvalue weighted by molar-refractivity contribution is -0.113. The number of nitrogens with zero attached hydrogens (tertiary/aromatic N) is 1. The second kappa shape index (κ2) is 8.98. The first-order chi connectivity index (χ1) is 11.8. The number of anilines is 1. The number of benzene rings is 1. The second-order valence-electron chi connectivity index (χ2n) is 5.51. The highest BCUT2D eigenvalue weighted by Crippen LogP contribution is 2.32. The van der Waals surface area contributed by atoms with Crippen molar-refractivity contribution < 1.29 is 13.2 Å². The van der Waals surface area contributed by atoms with E-state index in [1.54, 1.807) is 23.6 Å². The third-order valence-electron chi connectivity index (χ3n) is 3.37. The van der Waals surface area contributed by atoms with E-state index in [9.17, 15) is 13.2 Å². The number of aromatic nitrogens is 1. The molecule has 0 aliphatic carbocycles. The van der Waals surface area contributed by atoms with Gasteiger partial charge in [0.05, 0.1) is 16.5 Å². The molecule has 1 aromatic heterocycles. The Balaban J connectivity index is 2.00. The summed E-state index contributed by atoms with van der Waals surface area (Å²) in [4.78, 5) is 16.2. The Morgan fingerprint density at radius 1 is 1.28 bits per heavy atom. The molecule has 0 atom stereocenters. The summed E-state index contributed by atoms with van der Waals surface area (Å²) in [7, 11) is -3.40. The van der Waals surface area contributed by atoms with Gasteiger partial charge in [-0.1, -0.05) is 43.0 Å². The van der Waals surface area contributed by atoms with Crippen LogP contribution in [0, 0.1) is 0 Å². The second-order valence-corrected chi connectivity index (χ2v) is 9.40. The predicted molar refractivity (Wildman–Crippen MR) is 104 cm³/mol. The van der Waals surface area contributed by atoms with E-state index >= 15 is 0 Å². The fourth-order valence-electron chi connectivity index (χ4n) is 2.15. The molecule has 0 fully saturated rings. The SMILES string of the molecule is CCCCCS(=O)(=O)CC(=O)Nc1nc(-c2ccc(Cl)cc2Cl)cs1. The summed E-state index contributed by atoms with van der Waals surface area (Å²) in [6.07, 6.45) is 2.33. The van der Waals surface area contributed by atoms with Gasteiger partial charge in [0.2, 0.25) is 5.91 Å². The van der Waals surface area contributed by atoms with Crippen molar-refractivity contribution in [3.05, 3.63) is 33.6 Å². The van der Waals surface area contributed by atoms with E-state index in [-0.39, 0.29) is 5.75 Å². The fourth-order valence-corrected chi connectivity index (χ4v) is 4.64. The summed E-state index contributed by atoms with van der Waals surface area (Å²) in [5.74, 6) is -1.09. The van der Waals surface area contributed by atoms with Crippen molar-refractivity contribution in [3.8, 4) is 11.3 Å². The fraction of sp³-hybridized carbons (Fsp3) is 0.375. The Morgan fingerprint density at radius 2 is 2.04 bits per heavy atom. The number of amides is 1. The average Bonchev–Trinajstić information content (AvgIpc) is 2.94. The van der Waals surface area contributed by atoms with Gasteiger partial charge in [0, 0.05) is 16.0 Å². The molecule has 9 heteroatoms. The number of thiazole rings is 1. The minimum Gasteiger partial charge on any atom is -0.301 e. The molecule has 1 amide bonds. The van der Waals surface area contributed by atoms with E-state index in [1.165, 1.54) is 11.3 Å². The van der Waals surface area contributed by atoms with Gasteiger partial charge in [-0.2, -0.15) is 0 Å². The van der Waals surface area contributed by atoms with Gasteiger partial charge in [0.25, 0.3) is 0 Å². The van der Waals surface area contributed by atoms with E-state index in [2.05, 4.69) is 10.3 Å². The molecule has 0 unspecified atom stereocenters. The molecule has 1 heterocycles. The molecular weight excluding hydrogens is 403 g/mol. The third kappa shape index (κ3) is 6.26. The van der Waals surface area contributed by atoms with Crippen molar-refractivity contribution in [1.29, 1.82) is 0 Å². The van der Waals surface area contributed by atoms with E-state index in [0.29, 0.717) is 32.9 Å². The Kier molecular flexibility index (Phi) is 7.25. The van der Waals surface area contributed by atoms with Crippen molar-refractivity contribution in [2.24, 2.45) is 0 Å². The van der Waals surface area contributed by atoms with Crippen molar-refractivity contribution in [1.82, 2.24) is 4.98 Å². The molecule has 5 nitrogen and oxygen atoms in total. The summed E-state index contributed by atoms with van der Waals surface area (Å²) >= 11 is 13.2. The van der Waals surface area contributed by atoms with Crippen molar-refractivity contribution >= 4 is 55.4 Å². The Labute approximate surface area is 161 Å². The van der Waals surface area contributed by atoms with E-state index < -0.39 is 21.5 Å². The highest BCUT2D eigenvalue weighted by Gasteiger charge is 2.18. The van der Waals surface area contributed by atoms with Crippen molar-refractivity contribution in [2.75, 3.05) is 16.8 Å². The molecule has 0 bridgehead atoms. The largest absolute Gasteiger partial charge is 0.301 e. The number of carbonyl (C=O) groups is 1. The number of sulfone groups is 1. The molecule has 0 saturated carbocycles. The maximum atomic E-state index is 12.0. The first-order valence-corrected chi connectivity index (χ1v) is 11.2. The topological polar surface area (TPSA) is 76.1 Å². The van der Waals surface area contributed by atoms with Crippen molar-refractivity contribution in [2.45, 2.75) is 26.2 Å². The molecule has 0 spiro atoms. The molecule has 0 saturated heterocycles. The number of nitrogens with one attached hydrogen (secondary N) is 1. The summed E-state index contributed by atoms with van der Waals surface area (Å²) in [5, 5.41) is 5.57. The highest BCUT2D eigenvalue weighted by molar-refractivity contribution is 7.92. The minimum absolute atomic E-state index is 0.0256. The Bertz CT molecular complexity index is 851. The van der Waals surface area contributed by atoms with Crippen molar-refractivity contribution in [3.63, 3.8) is 0 Å². The zero-order valence-electron chi connectivity index (χ0n) is 13.6. The number of rotatable bonds is 8. The van der Waals surface area contributed by atoms with Crippen LogP contribution in [0.25, 0.3) is 11.3 Å².